The Morgan fingerprint density at radius 3 is 1.17 bits per heavy atom. The third-order valence-electron chi connectivity index (χ3n) is 11.5. The number of hydrogen-bond donors (Lipinski definition) is 2. The molecule has 8 nitrogen and oxygen atoms in total. The first-order chi connectivity index (χ1) is 30.6. The van der Waals surface area contributed by atoms with Crippen LogP contribution < -0.4 is 29.6 Å². The van der Waals surface area contributed by atoms with Crippen LogP contribution in [0.4, 0.5) is 15.8 Å². The van der Waals surface area contributed by atoms with Gasteiger partial charge >= 0.3 is 0 Å². The number of carbonyl (C=O) groups excluding carboxylic acids is 2. The lowest BCUT2D eigenvalue weighted by molar-refractivity contribution is -0.117. The van der Waals surface area contributed by atoms with E-state index in [0.29, 0.717) is 67.2 Å². The molecule has 0 bridgehead atoms. The van der Waals surface area contributed by atoms with Gasteiger partial charge < -0.3 is 29.6 Å². The standard InChI is InChI=1S/C28H31NO3.C27H28FNO3/c1-19-5-7-20(8-6-19)24(21-9-11-22(12-10-21)28(2,3)4)18-27(30)29-23-13-14-25-26(17-23)32-16-15-31-25;1-27(2,3)20-8-4-18(5-9-20)23(19-6-10-21(28)11-7-19)17-26(30)29-22-12-13-24-25(16-22)32-15-14-31-24/h5-14,17,24H,15-16,18H2,1-4H3,(H,29,30);4-13,16,23H,14-15,17H2,1-3H3,(H,29,30). The van der Waals surface area contributed by atoms with E-state index in [0.717, 1.165) is 22.3 Å². The molecule has 6 aromatic carbocycles. The highest BCUT2D eigenvalue weighted by Crippen LogP contribution is 2.36. The van der Waals surface area contributed by atoms with Crippen LogP contribution in [-0.4, -0.2) is 38.2 Å². The van der Waals surface area contributed by atoms with E-state index in [1.807, 2.05) is 18.2 Å². The summed E-state index contributed by atoms with van der Waals surface area (Å²) in [7, 11) is 0. The Bertz CT molecular complexity index is 2340. The Kier molecular flexibility index (Phi) is 14.1. The number of fused-ring (bicyclic) bond motifs is 2. The van der Waals surface area contributed by atoms with Crippen LogP contribution >= 0.6 is 0 Å². The monoisotopic (exact) mass is 862 g/mol. The molecule has 2 aliphatic rings. The Labute approximate surface area is 377 Å². The van der Waals surface area contributed by atoms with Gasteiger partial charge in [0, 0.05) is 48.2 Å². The van der Waals surface area contributed by atoms with Gasteiger partial charge in [-0.1, -0.05) is 132 Å². The van der Waals surface area contributed by atoms with E-state index in [1.54, 1.807) is 30.3 Å². The second kappa shape index (κ2) is 19.8. The van der Waals surface area contributed by atoms with Gasteiger partial charge in [0.05, 0.1) is 0 Å². The summed E-state index contributed by atoms with van der Waals surface area (Å²) in [6.45, 7) is 17.3. The summed E-state index contributed by atoms with van der Waals surface area (Å²) in [6.07, 6.45) is 0.585. The molecular weight excluding hydrogens is 804 g/mol. The van der Waals surface area contributed by atoms with Crippen molar-refractivity contribution in [3.8, 4) is 23.0 Å². The number of rotatable bonds is 10. The average Bonchev–Trinajstić information content (AvgIpc) is 3.28. The number of aryl methyl sites for hydroxylation is 1. The van der Waals surface area contributed by atoms with Gasteiger partial charge in [-0.3, -0.25) is 9.59 Å². The predicted octanol–water partition coefficient (Wildman–Crippen LogP) is 12.3. The van der Waals surface area contributed by atoms with E-state index < -0.39 is 0 Å². The number of ether oxygens (including phenoxy) is 4. The third kappa shape index (κ3) is 11.9. The van der Waals surface area contributed by atoms with Crippen molar-refractivity contribution < 1.29 is 32.9 Å². The molecule has 8 rings (SSSR count). The minimum absolute atomic E-state index is 0.0261. The van der Waals surface area contributed by atoms with Gasteiger partial charge in [0.25, 0.3) is 0 Å². The highest BCUT2D eigenvalue weighted by atomic mass is 19.1. The van der Waals surface area contributed by atoms with Gasteiger partial charge in [-0.2, -0.15) is 0 Å². The van der Waals surface area contributed by atoms with E-state index in [2.05, 4.69) is 132 Å². The highest BCUT2D eigenvalue weighted by molar-refractivity contribution is 5.92. The lowest BCUT2D eigenvalue weighted by atomic mass is 9.83. The summed E-state index contributed by atoms with van der Waals surface area (Å²) in [4.78, 5) is 26.0. The van der Waals surface area contributed by atoms with Crippen LogP contribution in [0.3, 0.4) is 0 Å². The second-order valence-corrected chi connectivity index (χ2v) is 18.5. The molecule has 0 radical (unpaired) electrons. The van der Waals surface area contributed by atoms with E-state index in [1.165, 1.54) is 28.8 Å². The first kappa shape index (κ1) is 45.4. The van der Waals surface area contributed by atoms with Crippen molar-refractivity contribution in [1.82, 2.24) is 0 Å². The topological polar surface area (TPSA) is 95.1 Å². The molecule has 2 unspecified atom stereocenters. The number of amides is 2. The van der Waals surface area contributed by atoms with E-state index in [9.17, 15) is 14.0 Å². The number of carbonyl (C=O) groups is 2. The first-order valence-corrected chi connectivity index (χ1v) is 22.0. The Morgan fingerprint density at radius 1 is 0.484 bits per heavy atom. The number of halogens is 1. The molecule has 2 aliphatic heterocycles. The maximum absolute atomic E-state index is 13.5. The fraction of sp³-hybridized carbons (Fsp3) is 0.309. The van der Waals surface area contributed by atoms with E-state index in [-0.39, 0.29) is 46.7 Å². The molecule has 0 saturated carbocycles. The molecule has 2 heterocycles. The predicted molar refractivity (Wildman–Crippen MR) is 253 cm³/mol. The molecule has 0 spiro atoms. The minimum Gasteiger partial charge on any atom is -0.486 e. The summed E-state index contributed by atoms with van der Waals surface area (Å²) in [5.41, 5.74) is 9.39. The smallest absolute Gasteiger partial charge is 0.225 e. The van der Waals surface area contributed by atoms with Crippen LogP contribution in [0.25, 0.3) is 0 Å². The normalized spacial score (nSPS) is 14.0. The molecule has 0 aliphatic carbocycles. The summed E-state index contributed by atoms with van der Waals surface area (Å²) >= 11 is 0. The third-order valence-corrected chi connectivity index (χ3v) is 11.5. The Hall–Kier alpha value is -6.61. The molecule has 9 heteroatoms. The molecule has 2 N–H and O–H groups in total. The molecule has 2 atom stereocenters. The van der Waals surface area contributed by atoms with Gasteiger partial charge in [0.1, 0.15) is 32.2 Å². The summed E-state index contributed by atoms with van der Waals surface area (Å²) in [5.74, 6) is 2.01. The van der Waals surface area contributed by atoms with Gasteiger partial charge in [0.2, 0.25) is 11.8 Å². The lowest BCUT2D eigenvalue weighted by Gasteiger charge is -2.22. The van der Waals surface area contributed by atoms with Crippen molar-refractivity contribution in [1.29, 1.82) is 0 Å². The maximum Gasteiger partial charge on any atom is 0.225 e. The summed E-state index contributed by atoms with van der Waals surface area (Å²) in [6, 6.07) is 42.7. The molecule has 6 aromatic rings. The molecule has 64 heavy (non-hydrogen) atoms. The van der Waals surface area contributed by atoms with Crippen molar-refractivity contribution in [3.05, 3.63) is 178 Å². The zero-order chi connectivity index (χ0) is 45.4. The van der Waals surface area contributed by atoms with Crippen LogP contribution in [-0.2, 0) is 20.4 Å². The Balaban J connectivity index is 0.000000191. The fourth-order valence-corrected chi connectivity index (χ4v) is 7.82. The lowest BCUT2D eigenvalue weighted by Crippen LogP contribution is -2.18. The molecule has 332 valence electrons. The number of benzene rings is 6. The van der Waals surface area contributed by atoms with Crippen LogP contribution in [0.2, 0.25) is 0 Å². The number of hydrogen-bond acceptors (Lipinski definition) is 6. The van der Waals surface area contributed by atoms with E-state index in [4.69, 9.17) is 18.9 Å². The summed E-state index contributed by atoms with van der Waals surface area (Å²) < 4.78 is 35.9. The van der Waals surface area contributed by atoms with Crippen molar-refractivity contribution in [3.63, 3.8) is 0 Å². The molecule has 0 aromatic heterocycles. The van der Waals surface area contributed by atoms with Crippen LogP contribution in [0.1, 0.15) is 105 Å². The van der Waals surface area contributed by atoms with Crippen molar-refractivity contribution in [2.45, 2.75) is 84.0 Å². The zero-order valence-corrected chi connectivity index (χ0v) is 37.9. The van der Waals surface area contributed by atoms with Gasteiger partial charge in [0.15, 0.2) is 23.0 Å². The first-order valence-electron chi connectivity index (χ1n) is 22.0. The number of nitrogens with one attached hydrogen (secondary N) is 2. The maximum atomic E-state index is 13.5. The Morgan fingerprint density at radius 2 is 0.812 bits per heavy atom. The van der Waals surface area contributed by atoms with Crippen LogP contribution in [0, 0.1) is 12.7 Å². The second-order valence-electron chi connectivity index (χ2n) is 18.5. The zero-order valence-electron chi connectivity index (χ0n) is 37.9. The van der Waals surface area contributed by atoms with Gasteiger partial charge in [-0.05, 0) is 87.5 Å². The SMILES string of the molecule is CC(C)(C)c1ccc(C(CC(=O)Nc2ccc3c(c2)OCCO3)c2ccc(F)cc2)cc1.Cc1ccc(C(CC(=O)Nc2ccc3c(c2)OCCO3)c2ccc(C(C)(C)C)cc2)cc1. The van der Waals surface area contributed by atoms with Gasteiger partial charge in [-0.15, -0.1) is 0 Å². The highest BCUT2D eigenvalue weighted by Gasteiger charge is 2.23. The van der Waals surface area contributed by atoms with Crippen LogP contribution in [0.5, 0.6) is 23.0 Å². The van der Waals surface area contributed by atoms with Crippen molar-refractivity contribution in [2.75, 3.05) is 37.1 Å². The number of anilines is 2. The van der Waals surface area contributed by atoms with E-state index >= 15 is 0 Å². The molecule has 0 fully saturated rings. The van der Waals surface area contributed by atoms with Crippen molar-refractivity contribution >= 4 is 23.2 Å². The minimum atomic E-state index is -0.295. The van der Waals surface area contributed by atoms with Gasteiger partial charge in [-0.25, -0.2) is 4.39 Å². The summed E-state index contributed by atoms with van der Waals surface area (Å²) in [5, 5.41) is 6.00. The molecule has 0 saturated heterocycles. The van der Waals surface area contributed by atoms with Crippen molar-refractivity contribution in [2.24, 2.45) is 0 Å². The molecule has 2 amide bonds. The molecular formula is C55H59FN2O6. The average molecular weight is 863 g/mol. The largest absolute Gasteiger partial charge is 0.486 e. The van der Waals surface area contributed by atoms with Crippen LogP contribution in [0.15, 0.2) is 133 Å². The fourth-order valence-electron chi connectivity index (χ4n) is 7.82. The quantitative estimate of drug-likeness (QED) is 0.142.